The molecule has 4 nitrogen and oxygen atoms in total. The molecule has 0 saturated carbocycles. The number of halogens is 1. The largest absolute Gasteiger partial charge is 0.496 e. The monoisotopic (exact) mass is 264 g/mol. The number of methoxy groups -OCH3 is 1. The molecule has 1 aromatic carbocycles. The Morgan fingerprint density at radius 2 is 2.05 bits per heavy atom. The molecule has 2 fully saturated rings. The standard InChI is InChI=1S/C14H17FN2O2/c1-19-13-3-2-11(15)4-12(13)14(18)17-7-9-5-16-6-10(9)8-17/h2-4,9-10,16H,5-8H2,1H3/t9-,10+. The Labute approximate surface area is 111 Å². The maximum Gasteiger partial charge on any atom is 0.257 e. The molecule has 0 radical (unpaired) electrons. The number of benzene rings is 1. The third-order valence-corrected chi connectivity index (χ3v) is 4.07. The Bertz CT molecular complexity index is 494. The zero-order valence-corrected chi connectivity index (χ0v) is 10.9. The maximum atomic E-state index is 13.3. The number of nitrogens with one attached hydrogen (secondary N) is 1. The van der Waals surface area contributed by atoms with Crippen LogP contribution in [0.5, 0.6) is 5.75 Å². The average Bonchev–Trinajstić information content (AvgIpc) is 2.98. The van der Waals surface area contributed by atoms with Gasteiger partial charge in [-0.2, -0.15) is 0 Å². The number of nitrogens with zero attached hydrogens (tertiary/aromatic N) is 1. The zero-order chi connectivity index (χ0) is 13.4. The van der Waals surface area contributed by atoms with Crippen LogP contribution in [-0.2, 0) is 0 Å². The second-order valence-corrected chi connectivity index (χ2v) is 5.23. The molecule has 2 atom stereocenters. The molecule has 3 rings (SSSR count). The molecule has 1 aromatic rings. The van der Waals surface area contributed by atoms with Crippen LogP contribution >= 0.6 is 0 Å². The van der Waals surface area contributed by atoms with Crippen LogP contribution in [0.3, 0.4) is 0 Å². The first-order valence-electron chi connectivity index (χ1n) is 6.52. The summed E-state index contributed by atoms with van der Waals surface area (Å²) >= 11 is 0. The highest BCUT2D eigenvalue weighted by atomic mass is 19.1. The van der Waals surface area contributed by atoms with E-state index in [1.807, 2.05) is 4.90 Å². The highest BCUT2D eigenvalue weighted by Gasteiger charge is 2.38. The third-order valence-electron chi connectivity index (χ3n) is 4.07. The molecule has 2 saturated heterocycles. The molecule has 2 aliphatic rings. The van der Waals surface area contributed by atoms with E-state index >= 15 is 0 Å². The van der Waals surface area contributed by atoms with E-state index in [0.717, 1.165) is 26.2 Å². The number of likely N-dealkylation sites (tertiary alicyclic amines) is 1. The van der Waals surface area contributed by atoms with Gasteiger partial charge in [-0.05, 0) is 30.0 Å². The first kappa shape index (κ1) is 12.4. The fourth-order valence-electron chi connectivity index (χ4n) is 3.04. The average molecular weight is 264 g/mol. The SMILES string of the molecule is COc1ccc(F)cc1C(=O)N1C[C@H]2CNC[C@H]2C1. The van der Waals surface area contributed by atoms with Gasteiger partial charge < -0.3 is 15.0 Å². The predicted molar refractivity (Wildman–Crippen MR) is 68.7 cm³/mol. The zero-order valence-electron chi connectivity index (χ0n) is 10.9. The minimum Gasteiger partial charge on any atom is -0.496 e. The highest BCUT2D eigenvalue weighted by molar-refractivity contribution is 5.97. The van der Waals surface area contributed by atoms with Crippen molar-refractivity contribution in [1.82, 2.24) is 10.2 Å². The third kappa shape index (κ3) is 2.18. The summed E-state index contributed by atoms with van der Waals surface area (Å²) in [6.45, 7) is 3.43. The lowest BCUT2D eigenvalue weighted by atomic mass is 10.0. The van der Waals surface area contributed by atoms with Gasteiger partial charge >= 0.3 is 0 Å². The molecule has 2 heterocycles. The van der Waals surface area contributed by atoms with E-state index in [9.17, 15) is 9.18 Å². The second kappa shape index (κ2) is 4.81. The lowest BCUT2D eigenvalue weighted by Gasteiger charge is -2.19. The van der Waals surface area contributed by atoms with E-state index < -0.39 is 5.82 Å². The summed E-state index contributed by atoms with van der Waals surface area (Å²) in [6, 6.07) is 4.06. The van der Waals surface area contributed by atoms with E-state index in [1.54, 1.807) is 0 Å². The number of carbonyl (C=O) groups is 1. The van der Waals surface area contributed by atoms with Crippen molar-refractivity contribution in [2.24, 2.45) is 11.8 Å². The maximum absolute atomic E-state index is 13.3. The molecular weight excluding hydrogens is 247 g/mol. The second-order valence-electron chi connectivity index (χ2n) is 5.23. The summed E-state index contributed by atoms with van der Waals surface area (Å²) < 4.78 is 18.5. The van der Waals surface area contributed by atoms with Crippen LogP contribution in [0.25, 0.3) is 0 Å². The molecule has 5 heteroatoms. The number of ether oxygens (including phenoxy) is 1. The van der Waals surface area contributed by atoms with Crippen molar-refractivity contribution in [3.8, 4) is 5.75 Å². The Hall–Kier alpha value is -1.62. The molecule has 0 aliphatic carbocycles. The van der Waals surface area contributed by atoms with Gasteiger partial charge in [0.25, 0.3) is 5.91 Å². The summed E-state index contributed by atoms with van der Waals surface area (Å²) in [6.07, 6.45) is 0. The van der Waals surface area contributed by atoms with Gasteiger partial charge in [-0.3, -0.25) is 4.79 Å². The number of hydrogen-bond acceptors (Lipinski definition) is 3. The fourth-order valence-corrected chi connectivity index (χ4v) is 3.04. The Morgan fingerprint density at radius 3 is 2.68 bits per heavy atom. The quantitative estimate of drug-likeness (QED) is 0.870. The molecule has 1 amide bonds. The number of amides is 1. The van der Waals surface area contributed by atoms with Gasteiger partial charge in [-0.15, -0.1) is 0 Å². The van der Waals surface area contributed by atoms with Crippen molar-refractivity contribution in [2.45, 2.75) is 0 Å². The molecule has 0 aromatic heterocycles. The number of rotatable bonds is 2. The predicted octanol–water partition coefficient (Wildman–Crippen LogP) is 1.13. The van der Waals surface area contributed by atoms with Crippen LogP contribution in [0.1, 0.15) is 10.4 Å². The van der Waals surface area contributed by atoms with Crippen LogP contribution in [0.2, 0.25) is 0 Å². The first-order chi connectivity index (χ1) is 9.19. The van der Waals surface area contributed by atoms with Crippen LogP contribution in [0, 0.1) is 17.7 Å². The number of fused-ring (bicyclic) bond motifs is 1. The molecule has 0 spiro atoms. The van der Waals surface area contributed by atoms with Gasteiger partial charge in [0.05, 0.1) is 12.7 Å². The van der Waals surface area contributed by atoms with E-state index in [1.165, 1.54) is 25.3 Å². The summed E-state index contributed by atoms with van der Waals surface area (Å²) in [5.74, 6) is 0.949. The Balaban J connectivity index is 1.82. The number of carbonyl (C=O) groups excluding carboxylic acids is 1. The van der Waals surface area contributed by atoms with Crippen LogP contribution in [0.15, 0.2) is 18.2 Å². The lowest BCUT2D eigenvalue weighted by Crippen LogP contribution is -2.32. The van der Waals surface area contributed by atoms with Gasteiger partial charge in [0.2, 0.25) is 0 Å². The van der Waals surface area contributed by atoms with Crippen LogP contribution in [-0.4, -0.2) is 44.1 Å². The minimum absolute atomic E-state index is 0.134. The minimum atomic E-state index is -0.412. The smallest absolute Gasteiger partial charge is 0.257 e. The summed E-state index contributed by atoms with van der Waals surface area (Å²) in [5, 5.41) is 3.33. The molecule has 0 bridgehead atoms. The fraction of sp³-hybridized carbons (Fsp3) is 0.500. The van der Waals surface area contributed by atoms with Crippen LogP contribution in [0.4, 0.5) is 4.39 Å². The molecule has 2 aliphatic heterocycles. The summed E-state index contributed by atoms with van der Waals surface area (Å²) in [7, 11) is 1.49. The van der Waals surface area contributed by atoms with E-state index in [0.29, 0.717) is 23.1 Å². The molecule has 19 heavy (non-hydrogen) atoms. The van der Waals surface area contributed by atoms with Crippen molar-refractivity contribution >= 4 is 5.91 Å². The van der Waals surface area contributed by atoms with Gasteiger partial charge in [0.15, 0.2) is 0 Å². The van der Waals surface area contributed by atoms with Crippen molar-refractivity contribution in [1.29, 1.82) is 0 Å². The molecular formula is C14H17FN2O2. The Kier molecular flexibility index (Phi) is 3.14. The molecule has 102 valence electrons. The summed E-state index contributed by atoms with van der Waals surface area (Å²) in [4.78, 5) is 14.3. The molecule has 1 N–H and O–H groups in total. The first-order valence-corrected chi connectivity index (χ1v) is 6.52. The van der Waals surface area contributed by atoms with Crippen molar-refractivity contribution in [2.75, 3.05) is 33.3 Å². The summed E-state index contributed by atoms with van der Waals surface area (Å²) in [5.41, 5.74) is 0.315. The van der Waals surface area contributed by atoms with E-state index in [-0.39, 0.29) is 5.91 Å². The van der Waals surface area contributed by atoms with Gasteiger partial charge in [0, 0.05) is 26.2 Å². The van der Waals surface area contributed by atoms with Crippen LogP contribution < -0.4 is 10.1 Å². The van der Waals surface area contributed by atoms with Crippen molar-refractivity contribution in [3.63, 3.8) is 0 Å². The normalized spacial score (nSPS) is 25.5. The van der Waals surface area contributed by atoms with Gasteiger partial charge in [0.1, 0.15) is 11.6 Å². The van der Waals surface area contributed by atoms with Crippen molar-refractivity contribution < 1.29 is 13.9 Å². The van der Waals surface area contributed by atoms with E-state index in [4.69, 9.17) is 4.74 Å². The molecule has 0 unspecified atom stereocenters. The highest BCUT2D eigenvalue weighted by Crippen LogP contribution is 2.29. The van der Waals surface area contributed by atoms with Gasteiger partial charge in [-0.1, -0.05) is 0 Å². The van der Waals surface area contributed by atoms with Crippen molar-refractivity contribution in [3.05, 3.63) is 29.6 Å². The van der Waals surface area contributed by atoms with E-state index in [2.05, 4.69) is 5.32 Å². The Morgan fingerprint density at radius 1 is 1.37 bits per heavy atom. The lowest BCUT2D eigenvalue weighted by molar-refractivity contribution is 0.0778. The number of hydrogen-bond donors (Lipinski definition) is 1. The van der Waals surface area contributed by atoms with Gasteiger partial charge in [-0.25, -0.2) is 4.39 Å². The topological polar surface area (TPSA) is 41.6 Å².